The topological polar surface area (TPSA) is 90.9 Å². The standard InChI is InChI=1S/C13H14N4O3/c1-9(2)12(18)7-16-8-14-13(15-16)10-3-5-11(6-4-10)17(19)20/h3-6,8-9H,7H2,1-2H3. The van der Waals surface area contributed by atoms with Gasteiger partial charge in [0.25, 0.3) is 5.69 Å². The number of aromatic nitrogens is 3. The number of carbonyl (C=O) groups is 1. The molecule has 0 atom stereocenters. The van der Waals surface area contributed by atoms with Crippen LogP contribution in [0.25, 0.3) is 11.4 Å². The molecule has 0 spiro atoms. The van der Waals surface area contributed by atoms with E-state index in [1.54, 1.807) is 12.1 Å². The first-order valence-corrected chi connectivity index (χ1v) is 6.14. The molecule has 0 aliphatic rings. The Morgan fingerprint density at radius 1 is 1.35 bits per heavy atom. The molecule has 0 bridgehead atoms. The fourth-order valence-electron chi connectivity index (χ4n) is 1.58. The number of benzene rings is 1. The number of rotatable bonds is 5. The largest absolute Gasteiger partial charge is 0.297 e. The number of non-ortho nitro benzene ring substituents is 1. The summed E-state index contributed by atoms with van der Waals surface area (Å²) in [5.74, 6) is 0.462. The van der Waals surface area contributed by atoms with E-state index in [9.17, 15) is 14.9 Å². The predicted octanol–water partition coefficient (Wildman–Crippen LogP) is 2.08. The average Bonchev–Trinajstić information content (AvgIpc) is 2.87. The summed E-state index contributed by atoms with van der Waals surface area (Å²) < 4.78 is 1.47. The van der Waals surface area contributed by atoms with Gasteiger partial charge in [0.15, 0.2) is 11.6 Å². The number of hydrogen-bond acceptors (Lipinski definition) is 5. The molecule has 0 saturated carbocycles. The van der Waals surface area contributed by atoms with Gasteiger partial charge >= 0.3 is 0 Å². The third kappa shape index (κ3) is 3.05. The first kappa shape index (κ1) is 13.9. The molecule has 7 heteroatoms. The minimum absolute atomic E-state index is 0.0168. The van der Waals surface area contributed by atoms with E-state index in [2.05, 4.69) is 10.1 Å². The minimum atomic E-state index is -0.461. The molecule has 0 aliphatic heterocycles. The fraction of sp³-hybridized carbons (Fsp3) is 0.308. The zero-order valence-electron chi connectivity index (χ0n) is 11.2. The van der Waals surface area contributed by atoms with Crippen LogP contribution >= 0.6 is 0 Å². The lowest BCUT2D eigenvalue weighted by Crippen LogP contribution is -2.15. The first-order chi connectivity index (χ1) is 9.47. The van der Waals surface area contributed by atoms with E-state index in [0.29, 0.717) is 11.4 Å². The van der Waals surface area contributed by atoms with Crippen molar-refractivity contribution in [1.82, 2.24) is 14.8 Å². The molecule has 0 amide bonds. The molecule has 0 unspecified atom stereocenters. The van der Waals surface area contributed by atoms with E-state index in [1.165, 1.54) is 23.1 Å². The molecule has 20 heavy (non-hydrogen) atoms. The smallest absolute Gasteiger partial charge is 0.269 e. The quantitative estimate of drug-likeness (QED) is 0.615. The van der Waals surface area contributed by atoms with Crippen LogP contribution in [0.5, 0.6) is 0 Å². The Kier molecular flexibility index (Phi) is 3.88. The number of carbonyl (C=O) groups excluding carboxylic acids is 1. The second-order valence-corrected chi connectivity index (χ2v) is 4.69. The van der Waals surface area contributed by atoms with Crippen LogP contribution in [0.15, 0.2) is 30.6 Å². The van der Waals surface area contributed by atoms with Crippen molar-refractivity contribution in [3.63, 3.8) is 0 Å². The van der Waals surface area contributed by atoms with Gasteiger partial charge < -0.3 is 0 Å². The molecular formula is C13H14N4O3. The van der Waals surface area contributed by atoms with Crippen LogP contribution in [0.1, 0.15) is 13.8 Å². The van der Waals surface area contributed by atoms with Crippen LogP contribution in [0.4, 0.5) is 5.69 Å². The number of Topliss-reactive ketones (excluding diaryl/α,β-unsaturated/α-hetero) is 1. The van der Waals surface area contributed by atoms with Crippen molar-refractivity contribution in [2.24, 2.45) is 5.92 Å². The van der Waals surface area contributed by atoms with Crippen LogP contribution in [-0.2, 0) is 11.3 Å². The minimum Gasteiger partial charge on any atom is -0.297 e. The molecule has 0 aliphatic carbocycles. The summed E-state index contributed by atoms with van der Waals surface area (Å²) in [6.45, 7) is 3.84. The third-order valence-electron chi connectivity index (χ3n) is 2.83. The highest BCUT2D eigenvalue weighted by molar-refractivity contribution is 5.80. The second-order valence-electron chi connectivity index (χ2n) is 4.69. The average molecular weight is 274 g/mol. The zero-order chi connectivity index (χ0) is 14.7. The SMILES string of the molecule is CC(C)C(=O)Cn1cnc(-c2ccc([N+](=O)[O-])cc2)n1. The van der Waals surface area contributed by atoms with Crippen molar-refractivity contribution in [1.29, 1.82) is 0 Å². The lowest BCUT2D eigenvalue weighted by atomic mass is 10.1. The summed E-state index contributed by atoms with van der Waals surface area (Å²) in [5, 5.41) is 14.8. The van der Waals surface area contributed by atoms with Gasteiger partial charge in [-0.05, 0) is 12.1 Å². The summed E-state index contributed by atoms with van der Waals surface area (Å²) in [5.41, 5.74) is 0.689. The number of nitrogens with zero attached hydrogens (tertiary/aromatic N) is 4. The molecule has 1 aromatic carbocycles. The Bertz CT molecular complexity index is 631. The zero-order valence-corrected chi connectivity index (χ0v) is 11.2. The molecule has 7 nitrogen and oxygen atoms in total. The maximum atomic E-state index is 11.6. The van der Waals surface area contributed by atoms with Crippen molar-refractivity contribution in [2.75, 3.05) is 0 Å². The third-order valence-corrected chi connectivity index (χ3v) is 2.83. The summed E-state index contributed by atoms with van der Waals surface area (Å²) >= 11 is 0. The Hall–Kier alpha value is -2.57. The summed E-state index contributed by atoms with van der Waals surface area (Å²) in [6.07, 6.45) is 1.48. The lowest BCUT2D eigenvalue weighted by Gasteiger charge is -2.02. The number of ketones is 1. The van der Waals surface area contributed by atoms with Crippen LogP contribution in [0.2, 0.25) is 0 Å². The van der Waals surface area contributed by atoms with Crippen LogP contribution in [-0.4, -0.2) is 25.5 Å². The number of nitro groups is 1. The maximum Gasteiger partial charge on any atom is 0.269 e. The van der Waals surface area contributed by atoms with E-state index in [0.717, 1.165) is 0 Å². The molecule has 0 N–H and O–H groups in total. The van der Waals surface area contributed by atoms with Gasteiger partial charge in [0.2, 0.25) is 0 Å². The Labute approximate surface area is 115 Å². The Morgan fingerprint density at radius 3 is 2.55 bits per heavy atom. The van der Waals surface area contributed by atoms with Gasteiger partial charge in [0.1, 0.15) is 12.9 Å². The first-order valence-electron chi connectivity index (χ1n) is 6.14. The van der Waals surface area contributed by atoms with Gasteiger partial charge in [-0.1, -0.05) is 13.8 Å². The number of nitro benzene ring substituents is 1. The number of hydrogen-bond donors (Lipinski definition) is 0. The van der Waals surface area contributed by atoms with Gasteiger partial charge in [0, 0.05) is 23.6 Å². The highest BCUT2D eigenvalue weighted by atomic mass is 16.6. The van der Waals surface area contributed by atoms with E-state index < -0.39 is 4.92 Å². The van der Waals surface area contributed by atoms with E-state index >= 15 is 0 Å². The highest BCUT2D eigenvalue weighted by Gasteiger charge is 2.11. The molecule has 1 heterocycles. The predicted molar refractivity (Wildman–Crippen MR) is 72.0 cm³/mol. The maximum absolute atomic E-state index is 11.6. The fourth-order valence-corrected chi connectivity index (χ4v) is 1.58. The van der Waals surface area contributed by atoms with Gasteiger partial charge in [-0.15, -0.1) is 0 Å². The molecule has 2 rings (SSSR count). The van der Waals surface area contributed by atoms with Crippen LogP contribution in [0.3, 0.4) is 0 Å². The van der Waals surface area contributed by atoms with Crippen molar-refractivity contribution in [3.8, 4) is 11.4 Å². The molecule has 104 valence electrons. The Morgan fingerprint density at radius 2 is 2.00 bits per heavy atom. The van der Waals surface area contributed by atoms with Gasteiger partial charge in [-0.3, -0.25) is 14.9 Å². The monoisotopic (exact) mass is 274 g/mol. The van der Waals surface area contributed by atoms with Gasteiger partial charge in [-0.2, -0.15) is 5.10 Å². The summed E-state index contributed by atoms with van der Waals surface area (Å²) in [7, 11) is 0. The Balaban J connectivity index is 2.16. The summed E-state index contributed by atoms with van der Waals surface area (Å²) in [4.78, 5) is 25.8. The van der Waals surface area contributed by atoms with Crippen molar-refractivity contribution in [2.45, 2.75) is 20.4 Å². The molecule has 2 aromatic rings. The normalized spacial score (nSPS) is 10.8. The molecular weight excluding hydrogens is 260 g/mol. The van der Waals surface area contributed by atoms with Gasteiger partial charge in [-0.25, -0.2) is 9.67 Å². The van der Waals surface area contributed by atoms with Gasteiger partial charge in [0.05, 0.1) is 4.92 Å². The molecule has 0 saturated heterocycles. The van der Waals surface area contributed by atoms with Crippen molar-refractivity contribution >= 4 is 11.5 Å². The molecule has 0 fully saturated rings. The van der Waals surface area contributed by atoms with Crippen molar-refractivity contribution in [3.05, 3.63) is 40.7 Å². The van der Waals surface area contributed by atoms with Crippen LogP contribution in [0, 0.1) is 16.0 Å². The highest BCUT2D eigenvalue weighted by Crippen LogP contribution is 2.18. The second kappa shape index (κ2) is 5.60. The molecule has 0 radical (unpaired) electrons. The molecule has 1 aromatic heterocycles. The van der Waals surface area contributed by atoms with Crippen molar-refractivity contribution < 1.29 is 9.72 Å². The van der Waals surface area contributed by atoms with E-state index in [-0.39, 0.29) is 23.9 Å². The summed E-state index contributed by atoms with van der Waals surface area (Å²) in [6, 6.07) is 5.97. The van der Waals surface area contributed by atoms with E-state index in [4.69, 9.17) is 0 Å². The lowest BCUT2D eigenvalue weighted by molar-refractivity contribution is -0.384. The van der Waals surface area contributed by atoms with Crippen LogP contribution < -0.4 is 0 Å². The van der Waals surface area contributed by atoms with E-state index in [1.807, 2.05) is 13.8 Å².